The lowest BCUT2D eigenvalue weighted by Crippen LogP contribution is -2.05. The molecule has 1 unspecified atom stereocenters. The van der Waals surface area contributed by atoms with Crippen LogP contribution in [0.3, 0.4) is 0 Å². The SMILES string of the molecule is OC1CCCc2cn(Cc3cc(Br)ccc3F)cc21. The molecule has 1 aliphatic rings. The minimum Gasteiger partial charge on any atom is -0.388 e. The first-order valence-electron chi connectivity index (χ1n) is 6.44. The fraction of sp³-hybridized carbons (Fsp3) is 0.333. The maximum atomic E-state index is 13.7. The highest BCUT2D eigenvalue weighted by Gasteiger charge is 2.20. The Morgan fingerprint density at radius 1 is 1.37 bits per heavy atom. The predicted octanol–water partition coefficient (Wildman–Crippen LogP) is 3.81. The first-order valence-corrected chi connectivity index (χ1v) is 7.23. The van der Waals surface area contributed by atoms with Crippen molar-refractivity contribution in [1.29, 1.82) is 0 Å². The third-order valence-corrected chi connectivity index (χ3v) is 4.13. The predicted molar refractivity (Wildman–Crippen MR) is 75.5 cm³/mol. The van der Waals surface area contributed by atoms with Crippen LogP contribution in [0.5, 0.6) is 0 Å². The number of nitrogens with zero attached hydrogens (tertiary/aromatic N) is 1. The number of hydrogen-bond donors (Lipinski definition) is 1. The first-order chi connectivity index (χ1) is 9.13. The number of halogens is 2. The van der Waals surface area contributed by atoms with Crippen molar-refractivity contribution in [1.82, 2.24) is 4.57 Å². The van der Waals surface area contributed by atoms with E-state index in [1.807, 2.05) is 17.0 Å². The van der Waals surface area contributed by atoms with E-state index in [0.29, 0.717) is 12.1 Å². The van der Waals surface area contributed by atoms with Gasteiger partial charge in [-0.25, -0.2) is 4.39 Å². The molecule has 1 aromatic heterocycles. The van der Waals surface area contributed by atoms with Crippen LogP contribution >= 0.6 is 15.9 Å². The van der Waals surface area contributed by atoms with Gasteiger partial charge in [0.15, 0.2) is 0 Å². The second-order valence-corrected chi connectivity index (χ2v) is 5.97. The van der Waals surface area contributed by atoms with Crippen LogP contribution in [-0.2, 0) is 13.0 Å². The number of aromatic nitrogens is 1. The van der Waals surface area contributed by atoms with Crippen molar-refractivity contribution in [2.24, 2.45) is 0 Å². The van der Waals surface area contributed by atoms with Crippen molar-refractivity contribution in [3.8, 4) is 0 Å². The van der Waals surface area contributed by atoms with Gasteiger partial charge < -0.3 is 9.67 Å². The molecule has 0 aliphatic heterocycles. The normalized spacial score (nSPS) is 18.4. The molecular weight excluding hydrogens is 309 g/mol. The van der Waals surface area contributed by atoms with Gasteiger partial charge in [0.25, 0.3) is 0 Å². The molecular formula is C15H15BrFNO. The zero-order valence-corrected chi connectivity index (χ0v) is 12.0. The number of aryl methyl sites for hydroxylation is 1. The van der Waals surface area contributed by atoms with Crippen LogP contribution in [0.15, 0.2) is 35.1 Å². The number of aliphatic hydroxyl groups is 1. The van der Waals surface area contributed by atoms with Crippen LogP contribution in [0, 0.1) is 5.82 Å². The molecule has 3 rings (SSSR count). The Morgan fingerprint density at radius 2 is 2.21 bits per heavy atom. The van der Waals surface area contributed by atoms with Gasteiger partial charge in [-0.3, -0.25) is 0 Å². The average Bonchev–Trinajstić information content (AvgIpc) is 2.78. The van der Waals surface area contributed by atoms with E-state index in [1.165, 1.54) is 11.6 Å². The summed E-state index contributed by atoms with van der Waals surface area (Å²) < 4.78 is 16.6. The van der Waals surface area contributed by atoms with E-state index in [0.717, 1.165) is 29.3 Å². The molecule has 2 aromatic rings. The third-order valence-electron chi connectivity index (χ3n) is 3.64. The Balaban J connectivity index is 1.89. The molecule has 0 spiro atoms. The van der Waals surface area contributed by atoms with Gasteiger partial charge in [-0.2, -0.15) is 0 Å². The molecule has 19 heavy (non-hydrogen) atoms. The van der Waals surface area contributed by atoms with E-state index in [2.05, 4.69) is 15.9 Å². The Labute approximate surface area is 120 Å². The molecule has 1 heterocycles. The van der Waals surface area contributed by atoms with Gasteiger partial charge in [0, 0.05) is 34.5 Å². The van der Waals surface area contributed by atoms with Gasteiger partial charge >= 0.3 is 0 Å². The molecule has 1 atom stereocenters. The van der Waals surface area contributed by atoms with Gasteiger partial charge in [0.2, 0.25) is 0 Å². The highest BCUT2D eigenvalue weighted by atomic mass is 79.9. The number of benzene rings is 1. The van der Waals surface area contributed by atoms with Gasteiger partial charge in [-0.15, -0.1) is 0 Å². The molecule has 1 aromatic carbocycles. The third kappa shape index (κ3) is 2.60. The van der Waals surface area contributed by atoms with Crippen molar-refractivity contribution in [2.45, 2.75) is 31.9 Å². The maximum Gasteiger partial charge on any atom is 0.128 e. The van der Waals surface area contributed by atoms with Gasteiger partial charge in [0.1, 0.15) is 5.82 Å². The summed E-state index contributed by atoms with van der Waals surface area (Å²) in [4.78, 5) is 0. The summed E-state index contributed by atoms with van der Waals surface area (Å²) in [5, 5.41) is 9.94. The summed E-state index contributed by atoms with van der Waals surface area (Å²) in [6.45, 7) is 0.491. The molecule has 4 heteroatoms. The van der Waals surface area contributed by atoms with Crippen molar-refractivity contribution in [3.63, 3.8) is 0 Å². The fourth-order valence-corrected chi connectivity index (χ4v) is 3.08. The maximum absolute atomic E-state index is 13.7. The lowest BCUT2D eigenvalue weighted by Gasteiger charge is -2.16. The standard InChI is InChI=1S/C15H15BrFNO/c16-12-4-5-14(17)11(6-12)8-18-7-10-2-1-3-15(19)13(10)9-18/h4-7,9,15,19H,1-3,8H2. The first kappa shape index (κ1) is 12.9. The smallest absolute Gasteiger partial charge is 0.128 e. The Morgan fingerprint density at radius 3 is 3.00 bits per heavy atom. The van der Waals surface area contributed by atoms with Crippen LogP contribution in [-0.4, -0.2) is 9.67 Å². The molecule has 2 nitrogen and oxygen atoms in total. The largest absolute Gasteiger partial charge is 0.388 e. The Hall–Kier alpha value is -1.13. The molecule has 1 N–H and O–H groups in total. The molecule has 0 bridgehead atoms. The van der Waals surface area contributed by atoms with Crippen LogP contribution in [0.25, 0.3) is 0 Å². The molecule has 100 valence electrons. The number of aliphatic hydroxyl groups excluding tert-OH is 1. The summed E-state index contributed by atoms with van der Waals surface area (Å²) in [7, 11) is 0. The van der Waals surface area contributed by atoms with E-state index in [1.54, 1.807) is 12.1 Å². The van der Waals surface area contributed by atoms with Crippen molar-refractivity contribution in [2.75, 3.05) is 0 Å². The van der Waals surface area contributed by atoms with E-state index in [-0.39, 0.29) is 11.9 Å². The topological polar surface area (TPSA) is 25.2 Å². The zero-order valence-electron chi connectivity index (χ0n) is 10.4. The van der Waals surface area contributed by atoms with Crippen LogP contribution in [0.4, 0.5) is 4.39 Å². The van der Waals surface area contributed by atoms with Crippen LogP contribution in [0.1, 0.15) is 35.6 Å². The summed E-state index contributed by atoms with van der Waals surface area (Å²) in [6, 6.07) is 4.96. The van der Waals surface area contributed by atoms with Gasteiger partial charge in [-0.1, -0.05) is 15.9 Å². The fourth-order valence-electron chi connectivity index (χ4n) is 2.68. The highest BCUT2D eigenvalue weighted by molar-refractivity contribution is 9.10. The van der Waals surface area contributed by atoms with Crippen LogP contribution < -0.4 is 0 Å². The number of fused-ring (bicyclic) bond motifs is 1. The van der Waals surface area contributed by atoms with Crippen molar-refractivity contribution < 1.29 is 9.50 Å². The molecule has 0 radical (unpaired) electrons. The second-order valence-electron chi connectivity index (χ2n) is 5.05. The summed E-state index contributed by atoms with van der Waals surface area (Å²) in [6.07, 6.45) is 6.45. The number of rotatable bonds is 2. The Kier molecular flexibility index (Phi) is 3.46. The average molecular weight is 324 g/mol. The molecule has 0 amide bonds. The minimum atomic E-state index is -0.364. The van der Waals surface area contributed by atoms with Gasteiger partial charge in [0.05, 0.1) is 6.10 Å². The molecule has 1 aliphatic carbocycles. The van der Waals surface area contributed by atoms with Crippen molar-refractivity contribution in [3.05, 3.63) is 57.6 Å². The molecule has 0 saturated carbocycles. The monoisotopic (exact) mass is 323 g/mol. The lowest BCUT2D eigenvalue weighted by molar-refractivity contribution is 0.157. The quantitative estimate of drug-likeness (QED) is 0.893. The zero-order chi connectivity index (χ0) is 13.4. The summed E-state index contributed by atoms with van der Waals surface area (Å²) in [5.74, 6) is -0.199. The molecule has 0 saturated heterocycles. The summed E-state index contributed by atoms with van der Waals surface area (Å²) in [5.41, 5.74) is 2.84. The number of hydrogen-bond acceptors (Lipinski definition) is 1. The minimum absolute atomic E-state index is 0.199. The Bertz CT molecular complexity index is 608. The second kappa shape index (κ2) is 5.10. The van der Waals surface area contributed by atoms with E-state index in [9.17, 15) is 9.50 Å². The van der Waals surface area contributed by atoms with Crippen LogP contribution in [0.2, 0.25) is 0 Å². The van der Waals surface area contributed by atoms with E-state index >= 15 is 0 Å². The highest BCUT2D eigenvalue weighted by Crippen LogP contribution is 2.30. The van der Waals surface area contributed by atoms with E-state index in [4.69, 9.17) is 0 Å². The van der Waals surface area contributed by atoms with Crippen molar-refractivity contribution >= 4 is 15.9 Å². The lowest BCUT2D eigenvalue weighted by atomic mass is 9.93. The van der Waals surface area contributed by atoms with E-state index < -0.39 is 0 Å². The van der Waals surface area contributed by atoms with Gasteiger partial charge in [-0.05, 0) is 43.0 Å². The molecule has 0 fully saturated rings. The summed E-state index contributed by atoms with van der Waals surface area (Å²) >= 11 is 3.36.